The van der Waals surface area contributed by atoms with Crippen molar-refractivity contribution in [2.45, 2.75) is 78.1 Å². The summed E-state index contributed by atoms with van der Waals surface area (Å²) in [6.45, 7) is 18.8. The summed E-state index contributed by atoms with van der Waals surface area (Å²) < 4.78 is 0. The van der Waals surface area contributed by atoms with Crippen molar-refractivity contribution < 1.29 is 0 Å². The molecule has 0 atom stereocenters. The third-order valence-corrected chi connectivity index (χ3v) is 15.4. The molecule has 12 rings (SSSR count). The molecule has 10 aromatic carbocycles. The molecule has 0 fully saturated rings. The number of fused-ring (bicyclic) bond motifs is 6. The van der Waals surface area contributed by atoms with Crippen molar-refractivity contribution in [1.29, 1.82) is 0 Å². The molecule has 0 aromatic heterocycles. The fraction of sp³-hybridized carbons (Fsp3) is 0.188. The zero-order chi connectivity index (χ0) is 43.8. The zero-order valence-corrected chi connectivity index (χ0v) is 38.3. The Hall–Kier alpha value is -6.76. The van der Waals surface area contributed by atoms with Gasteiger partial charge in [-0.25, -0.2) is 0 Å². The SMILES string of the molecule is CC(C)c1cc(-c2cccc(-c3ccc4c(c3)-c3ccccc3C4(C)C)c2)c2ccc3c(C(C)C)cc(-c4cccc(-c5ccc6c(c5)-c5ccccc5C6(C)C)c4)c4ccc1c2c43. The Morgan fingerprint density at radius 1 is 0.281 bits per heavy atom. The quantitative estimate of drug-likeness (QED) is 0.147. The first-order chi connectivity index (χ1) is 30.9. The van der Waals surface area contributed by atoms with Crippen molar-refractivity contribution in [3.05, 3.63) is 203 Å². The molecule has 0 heteroatoms. The maximum atomic E-state index is 2.50. The van der Waals surface area contributed by atoms with Crippen molar-refractivity contribution in [2.24, 2.45) is 0 Å². The smallest absolute Gasteiger partial charge is 0.0158 e. The van der Waals surface area contributed by atoms with E-state index in [0.717, 1.165) is 0 Å². The van der Waals surface area contributed by atoms with Crippen LogP contribution in [0.4, 0.5) is 0 Å². The lowest BCUT2D eigenvalue weighted by atomic mass is 9.80. The molecule has 2 aliphatic carbocycles. The van der Waals surface area contributed by atoms with E-state index >= 15 is 0 Å². The fourth-order valence-electron chi connectivity index (χ4n) is 12.0. The van der Waals surface area contributed by atoms with Crippen LogP contribution < -0.4 is 0 Å². The normalized spacial score (nSPS) is 14.5. The van der Waals surface area contributed by atoms with Gasteiger partial charge >= 0.3 is 0 Å². The van der Waals surface area contributed by atoms with Crippen LogP contribution in [0.2, 0.25) is 0 Å². The molecule has 0 bridgehead atoms. The first kappa shape index (κ1) is 38.9. The molecule has 2 aliphatic rings. The molecule has 0 amide bonds. The van der Waals surface area contributed by atoms with E-state index in [-0.39, 0.29) is 10.8 Å². The van der Waals surface area contributed by atoms with E-state index < -0.39 is 0 Å². The zero-order valence-electron chi connectivity index (χ0n) is 38.3. The van der Waals surface area contributed by atoms with Crippen LogP contribution in [0.3, 0.4) is 0 Å². The average Bonchev–Trinajstić information content (AvgIpc) is 3.69. The highest BCUT2D eigenvalue weighted by Crippen LogP contribution is 2.52. The number of benzene rings is 10. The molecule has 0 unspecified atom stereocenters. The summed E-state index contributed by atoms with van der Waals surface area (Å²) in [6.07, 6.45) is 0. The molecule has 0 saturated heterocycles. The highest BCUT2D eigenvalue weighted by atomic mass is 14.4. The molecule has 64 heavy (non-hydrogen) atoms. The van der Waals surface area contributed by atoms with Gasteiger partial charge in [0.05, 0.1) is 0 Å². The van der Waals surface area contributed by atoms with Gasteiger partial charge in [0.15, 0.2) is 0 Å². The van der Waals surface area contributed by atoms with E-state index in [4.69, 9.17) is 0 Å². The van der Waals surface area contributed by atoms with Crippen molar-refractivity contribution in [3.8, 4) is 66.8 Å². The van der Waals surface area contributed by atoms with Gasteiger partial charge in [0, 0.05) is 10.8 Å². The van der Waals surface area contributed by atoms with Crippen LogP contribution in [0.5, 0.6) is 0 Å². The molecule has 10 aromatic rings. The van der Waals surface area contributed by atoms with Gasteiger partial charge in [-0.2, -0.15) is 0 Å². The van der Waals surface area contributed by atoms with Crippen LogP contribution in [-0.4, -0.2) is 0 Å². The summed E-state index contributed by atoms with van der Waals surface area (Å²) in [7, 11) is 0. The standard InChI is InChI=1S/C64H54/c1-37(2)51-35-53(43-17-13-15-39(31-43)41-23-29-59-55(33-41)45-19-9-11-21-57(45)63(59,5)6)49-28-26-48-52(38(3)4)36-54(50-27-25-47(51)61(49)62(48)50)44-18-14-16-40(32-44)42-24-30-60-56(34-42)46-20-10-12-22-58(46)64(60,7)8/h9-38H,1-8H3. The molecule has 310 valence electrons. The summed E-state index contributed by atoms with van der Waals surface area (Å²) in [5, 5.41) is 8.15. The fourth-order valence-corrected chi connectivity index (χ4v) is 12.0. The molecule has 0 aliphatic heterocycles. The Bertz CT molecular complexity index is 3310. The van der Waals surface area contributed by atoms with Gasteiger partial charge in [0.2, 0.25) is 0 Å². The third kappa shape index (κ3) is 5.54. The van der Waals surface area contributed by atoms with Crippen LogP contribution in [0.1, 0.15) is 101 Å². The van der Waals surface area contributed by atoms with Crippen molar-refractivity contribution >= 4 is 32.3 Å². The number of hydrogen-bond donors (Lipinski definition) is 0. The van der Waals surface area contributed by atoms with Crippen molar-refractivity contribution in [1.82, 2.24) is 0 Å². The third-order valence-electron chi connectivity index (χ3n) is 15.4. The Balaban J connectivity index is 1.03. The van der Waals surface area contributed by atoms with Crippen LogP contribution >= 0.6 is 0 Å². The molecule has 0 nitrogen and oxygen atoms in total. The lowest BCUT2D eigenvalue weighted by Gasteiger charge is -2.23. The Kier molecular flexibility index (Phi) is 8.42. The number of hydrogen-bond acceptors (Lipinski definition) is 0. The van der Waals surface area contributed by atoms with Gasteiger partial charge in [-0.3, -0.25) is 0 Å². The topological polar surface area (TPSA) is 0 Å². The molecule has 0 spiro atoms. The lowest BCUT2D eigenvalue weighted by Crippen LogP contribution is -2.14. The Morgan fingerprint density at radius 2 is 0.641 bits per heavy atom. The molecular formula is C64H54. The second-order valence-electron chi connectivity index (χ2n) is 20.4. The molecule has 0 saturated carbocycles. The maximum Gasteiger partial charge on any atom is 0.0158 e. The van der Waals surface area contributed by atoms with Gasteiger partial charge < -0.3 is 0 Å². The van der Waals surface area contributed by atoms with E-state index in [0.29, 0.717) is 11.8 Å². The van der Waals surface area contributed by atoms with Gasteiger partial charge in [-0.05, 0) is 181 Å². The number of rotatable bonds is 6. The van der Waals surface area contributed by atoms with Gasteiger partial charge in [-0.1, -0.05) is 189 Å². The van der Waals surface area contributed by atoms with E-state index in [1.807, 2.05) is 0 Å². The minimum Gasteiger partial charge on any atom is -0.0619 e. The second-order valence-corrected chi connectivity index (χ2v) is 20.4. The van der Waals surface area contributed by atoms with Gasteiger partial charge in [0.1, 0.15) is 0 Å². The van der Waals surface area contributed by atoms with E-state index in [9.17, 15) is 0 Å². The second kappa shape index (κ2) is 13.9. The van der Waals surface area contributed by atoms with Crippen LogP contribution in [0.25, 0.3) is 99.1 Å². The largest absolute Gasteiger partial charge is 0.0619 e. The minimum absolute atomic E-state index is 0.00748. The Labute approximate surface area is 378 Å². The van der Waals surface area contributed by atoms with E-state index in [2.05, 4.69) is 225 Å². The van der Waals surface area contributed by atoms with E-state index in [1.165, 1.54) is 132 Å². The highest BCUT2D eigenvalue weighted by Gasteiger charge is 2.36. The minimum atomic E-state index is -0.00748. The molecule has 0 heterocycles. The van der Waals surface area contributed by atoms with Crippen molar-refractivity contribution in [2.75, 3.05) is 0 Å². The monoisotopic (exact) mass is 822 g/mol. The first-order valence-electron chi connectivity index (χ1n) is 23.4. The van der Waals surface area contributed by atoms with Crippen LogP contribution in [0, 0.1) is 0 Å². The molecular weight excluding hydrogens is 769 g/mol. The summed E-state index contributed by atoms with van der Waals surface area (Å²) in [5.41, 5.74) is 24.0. The van der Waals surface area contributed by atoms with Crippen molar-refractivity contribution in [3.63, 3.8) is 0 Å². The van der Waals surface area contributed by atoms with Crippen LogP contribution in [-0.2, 0) is 10.8 Å². The highest BCUT2D eigenvalue weighted by molar-refractivity contribution is 6.29. The average molecular weight is 823 g/mol. The van der Waals surface area contributed by atoms with E-state index in [1.54, 1.807) is 0 Å². The summed E-state index contributed by atoms with van der Waals surface area (Å²) in [5.74, 6) is 0.717. The lowest BCUT2D eigenvalue weighted by molar-refractivity contribution is 0.660. The van der Waals surface area contributed by atoms with Crippen LogP contribution in [0.15, 0.2) is 170 Å². The van der Waals surface area contributed by atoms with Gasteiger partial charge in [-0.15, -0.1) is 0 Å². The predicted molar refractivity (Wildman–Crippen MR) is 275 cm³/mol. The summed E-state index contributed by atoms with van der Waals surface area (Å²) in [4.78, 5) is 0. The van der Waals surface area contributed by atoms with Gasteiger partial charge in [0.25, 0.3) is 0 Å². The Morgan fingerprint density at radius 3 is 1.06 bits per heavy atom. The first-order valence-corrected chi connectivity index (χ1v) is 23.4. The summed E-state index contributed by atoms with van der Waals surface area (Å²) in [6, 6.07) is 65.4. The predicted octanol–water partition coefficient (Wildman–Crippen LogP) is 18.1. The molecule has 0 radical (unpaired) electrons. The summed E-state index contributed by atoms with van der Waals surface area (Å²) >= 11 is 0. The molecule has 0 N–H and O–H groups in total. The maximum absolute atomic E-state index is 2.50.